The Hall–Kier alpha value is -1.29. The fraction of sp³-hybridized carbons (Fsp3) is 0. The molecular weight excluding hydrogens is 294 g/mol. The van der Waals surface area contributed by atoms with Crippen LogP contribution in [0.15, 0.2) is 69.9 Å². The molecule has 4 heteroatoms. The molecule has 0 radical (unpaired) electrons. The predicted molar refractivity (Wildman–Crippen MR) is 83.1 cm³/mol. The van der Waals surface area contributed by atoms with Crippen LogP contribution in [0.5, 0.6) is 0 Å². The maximum atomic E-state index is 5.88. The number of halogens is 1. The summed E-state index contributed by atoms with van der Waals surface area (Å²) in [6.45, 7) is 0. The Balaban J connectivity index is 1.80. The van der Waals surface area contributed by atoms with Gasteiger partial charge in [-0.3, -0.25) is 0 Å². The second kappa shape index (κ2) is 5.78. The van der Waals surface area contributed by atoms with Crippen LogP contribution in [0.2, 0.25) is 5.02 Å². The van der Waals surface area contributed by atoms with Gasteiger partial charge in [0.25, 0.3) is 0 Å². The molecule has 3 aromatic rings. The highest BCUT2D eigenvalue weighted by Crippen LogP contribution is 2.32. The molecule has 0 aliphatic heterocycles. The highest BCUT2D eigenvalue weighted by atomic mass is 35.5. The minimum absolute atomic E-state index is 0.757. The van der Waals surface area contributed by atoms with Crippen LogP contribution >= 0.6 is 34.7 Å². The van der Waals surface area contributed by atoms with E-state index in [-0.39, 0.29) is 0 Å². The maximum Gasteiger partial charge on any atom is 0.124 e. The van der Waals surface area contributed by atoms with Gasteiger partial charge in [0.15, 0.2) is 0 Å². The van der Waals surface area contributed by atoms with Gasteiger partial charge in [0.05, 0.1) is 0 Å². The molecule has 1 nitrogen and oxygen atoms in total. The van der Waals surface area contributed by atoms with Crippen molar-refractivity contribution in [1.29, 1.82) is 0 Å². The molecule has 0 atom stereocenters. The smallest absolute Gasteiger partial charge is 0.124 e. The van der Waals surface area contributed by atoms with Crippen molar-refractivity contribution in [1.82, 2.24) is 4.98 Å². The number of rotatable bonds is 3. The van der Waals surface area contributed by atoms with E-state index in [9.17, 15) is 0 Å². The summed E-state index contributed by atoms with van der Waals surface area (Å²) in [5, 5.41) is 4.91. The molecule has 94 valence electrons. The molecule has 2 aromatic carbocycles. The molecule has 0 spiro atoms. The zero-order valence-corrected chi connectivity index (χ0v) is 12.3. The van der Waals surface area contributed by atoms with E-state index < -0.39 is 0 Å². The van der Waals surface area contributed by atoms with Crippen LogP contribution in [0.3, 0.4) is 0 Å². The monoisotopic (exact) mass is 303 g/mol. The summed E-state index contributed by atoms with van der Waals surface area (Å²) >= 11 is 9.20. The van der Waals surface area contributed by atoms with E-state index in [1.54, 1.807) is 23.1 Å². The van der Waals surface area contributed by atoms with Gasteiger partial charge in [-0.2, -0.15) is 0 Å². The summed E-state index contributed by atoms with van der Waals surface area (Å²) in [5.74, 6) is 0. The molecule has 0 N–H and O–H groups in total. The third-order valence-electron chi connectivity index (χ3n) is 2.54. The fourth-order valence-electron chi connectivity index (χ4n) is 1.64. The van der Waals surface area contributed by atoms with Crippen LogP contribution in [-0.2, 0) is 0 Å². The lowest BCUT2D eigenvalue weighted by Gasteiger charge is -1.98. The van der Waals surface area contributed by atoms with Gasteiger partial charge in [-0.1, -0.05) is 53.7 Å². The molecule has 1 heterocycles. The second-order valence-corrected chi connectivity index (χ2v) is 6.30. The van der Waals surface area contributed by atoms with Crippen molar-refractivity contribution in [3.63, 3.8) is 0 Å². The maximum absolute atomic E-state index is 5.88. The first-order chi connectivity index (χ1) is 9.31. The molecule has 0 amide bonds. The van der Waals surface area contributed by atoms with Crippen molar-refractivity contribution >= 4 is 34.7 Å². The first-order valence-corrected chi connectivity index (χ1v) is 7.83. The van der Waals surface area contributed by atoms with E-state index in [0.29, 0.717) is 0 Å². The number of hydrogen-bond acceptors (Lipinski definition) is 3. The topological polar surface area (TPSA) is 12.9 Å². The largest absolute Gasteiger partial charge is 0.229 e. The van der Waals surface area contributed by atoms with E-state index in [1.165, 1.54) is 0 Å². The minimum atomic E-state index is 0.757. The average molecular weight is 304 g/mol. The molecule has 19 heavy (non-hydrogen) atoms. The first kappa shape index (κ1) is 12.7. The molecule has 0 bridgehead atoms. The van der Waals surface area contributed by atoms with Gasteiger partial charge < -0.3 is 0 Å². The van der Waals surface area contributed by atoms with Crippen molar-refractivity contribution in [3.8, 4) is 10.6 Å². The van der Waals surface area contributed by atoms with Gasteiger partial charge in [-0.05, 0) is 24.3 Å². The Labute approximate surface area is 125 Å². The van der Waals surface area contributed by atoms with E-state index in [2.05, 4.69) is 22.5 Å². The molecule has 0 aliphatic rings. The highest BCUT2D eigenvalue weighted by molar-refractivity contribution is 7.99. The fourth-order valence-corrected chi connectivity index (χ4v) is 3.50. The van der Waals surface area contributed by atoms with Gasteiger partial charge in [0, 0.05) is 20.9 Å². The van der Waals surface area contributed by atoms with E-state index >= 15 is 0 Å². The predicted octanol–water partition coefficient (Wildman–Crippen LogP) is 5.61. The molecule has 1 aromatic heterocycles. The lowest BCUT2D eigenvalue weighted by molar-refractivity contribution is 1.20. The van der Waals surface area contributed by atoms with Gasteiger partial charge in [0.2, 0.25) is 0 Å². The molecule has 0 unspecified atom stereocenters. The van der Waals surface area contributed by atoms with Gasteiger partial charge >= 0.3 is 0 Å². The Bertz CT molecular complexity index is 662. The summed E-state index contributed by atoms with van der Waals surface area (Å²) in [6.07, 6.45) is 0. The third-order valence-corrected chi connectivity index (χ3v) is 4.76. The van der Waals surface area contributed by atoms with Crippen LogP contribution in [0, 0.1) is 0 Å². The molecule has 0 saturated heterocycles. The summed E-state index contributed by atoms with van der Waals surface area (Å²) < 4.78 is 0. The Morgan fingerprint density at radius 1 is 0.947 bits per heavy atom. The third kappa shape index (κ3) is 3.18. The number of hydrogen-bond donors (Lipinski definition) is 0. The normalized spacial score (nSPS) is 10.6. The summed E-state index contributed by atoms with van der Waals surface area (Å²) in [5.41, 5.74) is 1.16. The molecular formula is C15H10ClNS2. The number of thiazole rings is 1. The van der Waals surface area contributed by atoms with Gasteiger partial charge in [-0.25, -0.2) is 4.98 Å². The number of benzene rings is 2. The zero-order chi connectivity index (χ0) is 13.1. The average Bonchev–Trinajstić information content (AvgIpc) is 2.91. The molecule has 0 aliphatic carbocycles. The van der Waals surface area contributed by atoms with E-state index in [1.807, 2.05) is 42.5 Å². The second-order valence-electron chi connectivity index (χ2n) is 3.91. The van der Waals surface area contributed by atoms with Crippen LogP contribution < -0.4 is 0 Å². The van der Waals surface area contributed by atoms with Crippen LogP contribution in [0.25, 0.3) is 10.6 Å². The summed E-state index contributed by atoms with van der Waals surface area (Å²) in [4.78, 5) is 5.79. The molecule has 3 rings (SSSR count). The Morgan fingerprint density at radius 2 is 1.68 bits per heavy atom. The molecule has 0 fully saturated rings. The highest BCUT2D eigenvalue weighted by Gasteiger charge is 2.05. The SMILES string of the molecule is Clc1ccc(Sc2csc(-c3ccccc3)n2)cc1. The Kier molecular flexibility index (Phi) is 3.87. The minimum Gasteiger partial charge on any atom is -0.229 e. The van der Waals surface area contributed by atoms with Crippen molar-refractivity contribution in [2.45, 2.75) is 9.92 Å². The standard InChI is InChI=1S/C15H10ClNS2/c16-12-6-8-13(9-7-12)19-14-10-18-15(17-14)11-4-2-1-3-5-11/h1-10H. The van der Waals surface area contributed by atoms with Crippen molar-refractivity contribution < 1.29 is 0 Å². The molecule has 0 saturated carbocycles. The van der Waals surface area contributed by atoms with Crippen LogP contribution in [-0.4, -0.2) is 4.98 Å². The van der Waals surface area contributed by atoms with Gasteiger partial charge in [0.1, 0.15) is 10.0 Å². The van der Waals surface area contributed by atoms with Gasteiger partial charge in [-0.15, -0.1) is 11.3 Å². The summed E-state index contributed by atoms with van der Waals surface area (Å²) in [7, 11) is 0. The quantitative estimate of drug-likeness (QED) is 0.623. The number of nitrogens with zero attached hydrogens (tertiary/aromatic N) is 1. The summed E-state index contributed by atoms with van der Waals surface area (Å²) in [6, 6.07) is 18.0. The number of aromatic nitrogens is 1. The van der Waals surface area contributed by atoms with Crippen LogP contribution in [0.1, 0.15) is 0 Å². The van der Waals surface area contributed by atoms with E-state index in [4.69, 9.17) is 11.6 Å². The first-order valence-electron chi connectivity index (χ1n) is 5.75. The lowest BCUT2D eigenvalue weighted by Crippen LogP contribution is -1.76. The van der Waals surface area contributed by atoms with Crippen LogP contribution in [0.4, 0.5) is 0 Å². The van der Waals surface area contributed by atoms with Crippen molar-refractivity contribution in [2.24, 2.45) is 0 Å². The van der Waals surface area contributed by atoms with E-state index in [0.717, 1.165) is 25.5 Å². The lowest BCUT2D eigenvalue weighted by atomic mass is 10.2. The van der Waals surface area contributed by atoms with Crippen molar-refractivity contribution in [2.75, 3.05) is 0 Å². The zero-order valence-electron chi connectivity index (χ0n) is 9.92. The van der Waals surface area contributed by atoms with Crippen molar-refractivity contribution in [3.05, 3.63) is 65.0 Å². The Morgan fingerprint density at radius 3 is 2.42 bits per heavy atom.